The molecule has 0 saturated carbocycles. The van der Waals surface area contributed by atoms with E-state index in [-0.39, 0.29) is 5.91 Å². The van der Waals surface area contributed by atoms with Crippen LogP contribution >= 0.6 is 0 Å². The van der Waals surface area contributed by atoms with E-state index in [1.54, 1.807) is 0 Å². The van der Waals surface area contributed by atoms with Crippen LogP contribution in [0.2, 0.25) is 0 Å². The molecule has 1 aromatic carbocycles. The van der Waals surface area contributed by atoms with Crippen molar-refractivity contribution in [3.05, 3.63) is 35.4 Å². The molecular formula is C16H26N2O. The third kappa shape index (κ3) is 4.35. The van der Waals surface area contributed by atoms with E-state index in [4.69, 9.17) is 0 Å². The quantitative estimate of drug-likeness (QED) is 0.754. The van der Waals surface area contributed by atoms with Crippen LogP contribution in [0.5, 0.6) is 0 Å². The molecule has 106 valence electrons. The van der Waals surface area contributed by atoms with Crippen molar-refractivity contribution >= 4 is 5.91 Å². The van der Waals surface area contributed by atoms with Crippen LogP contribution in [-0.2, 0) is 6.54 Å². The largest absolute Gasteiger partial charge is 0.339 e. The molecule has 0 unspecified atom stereocenters. The zero-order valence-corrected chi connectivity index (χ0v) is 12.6. The van der Waals surface area contributed by atoms with E-state index >= 15 is 0 Å². The number of benzene rings is 1. The Morgan fingerprint density at radius 2 is 1.42 bits per heavy atom. The average Bonchev–Trinajstić information content (AvgIpc) is 2.46. The molecule has 3 nitrogen and oxygen atoms in total. The van der Waals surface area contributed by atoms with Gasteiger partial charge in [0, 0.05) is 25.2 Å². The van der Waals surface area contributed by atoms with Gasteiger partial charge < -0.3 is 4.90 Å². The minimum atomic E-state index is 0.124. The molecule has 0 N–H and O–H groups in total. The maximum absolute atomic E-state index is 12.2. The van der Waals surface area contributed by atoms with Gasteiger partial charge in [0.1, 0.15) is 0 Å². The summed E-state index contributed by atoms with van der Waals surface area (Å²) in [6.45, 7) is 12.9. The highest BCUT2D eigenvalue weighted by molar-refractivity contribution is 5.94. The molecule has 0 saturated heterocycles. The molecule has 0 heterocycles. The first-order valence-corrected chi connectivity index (χ1v) is 7.26. The zero-order valence-electron chi connectivity index (χ0n) is 12.6. The second kappa shape index (κ2) is 7.95. The SMILES string of the molecule is CCN(CC)Cc1ccc(C(=O)N(CC)CC)cc1. The lowest BCUT2D eigenvalue weighted by Gasteiger charge is -2.20. The Bertz CT molecular complexity index is 378. The van der Waals surface area contributed by atoms with E-state index in [0.29, 0.717) is 0 Å². The first-order chi connectivity index (χ1) is 9.15. The van der Waals surface area contributed by atoms with E-state index in [9.17, 15) is 4.79 Å². The summed E-state index contributed by atoms with van der Waals surface area (Å²) in [5.41, 5.74) is 2.05. The van der Waals surface area contributed by atoms with Crippen molar-refractivity contribution in [1.82, 2.24) is 9.80 Å². The molecule has 1 aromatic rings. The van der Waals surface area contributed by atoms with Gasteiger partial charge >= 0.3 is 0 Å². The number of hydrogen-bond donors (Lipinski definition) is 0. The molecule has 1 amide bonds. The summed E-state index contributed by atoms with van der Waals surface area (Å²) < 4.78 is 0. The lowest BCUT2D eigenvalue weighted by atomic mass is 10.1. The van der Waals surface area contributed by atoms with Crippen molar-refractivity contribution < 1.29 is 4.79 Å². The summed E-state index contributed by atoms with van der Waals surface area (Å²) >= 11 is 0. The first-order valence-electron chi connectivity index (χ1n) is 7.26. The molecular weight excluding hydrogens is 236 g/mol. The normalized spacial score (nSPS) is 10.8. The van der Waals surface area contributed by atoms with Gasteiger partial charge in [0.25, 0.3) is 5.91 Å². The maximum Gasteiger partial charge on any atom is 0.253 e. The van der Waals surface area contributed by atoms with E-state index in [2.05, 4.69) is 30.9 Å². The molecule has 0 aliphatic rings. The molecule has 0 bridgehead atoms. The minimum Gasteiger partial charge on any atom is -0.339 e. The van der Waals surface area contributed by atoms with E-state index in [0.717, 1.165) is 38.3 Å². The summed E-state index contributed by atoms with van der Waals surface area (Å²) in [5, 5.41) is 0. The Labute approximate surface area is 117 Å². The molecule has 0 aliphatic carbocycles. The van der Waals surface area contributed by atoms with Crippen molar-refractivity contribution in [3.63, 3.8) is 0 Å². The van der Waals surface area contributed by atoms with Crippen molar-refractivity contribution in [3.8, 4) is 0 Å². The van der Waals surface area contributed by atoms with E-state index in [1.807, 2.05) is 30.9 Å². The average molecular weight is 262 g/mol. The molecule has 0 radical (unpaired) electrons. The van der Waals surface area contributed by atoms with Crippen LogP contribution in [0, 0.1) is 0 Å². The fourth-order valence-corrected chi connectivity index (χ4v) is 2.15. The monoisotopic (exact) mass is 262 g/mol. The van der Waals surface area contributed by atoms with E-state index < -0.39 is 0 Å². The highest BCUT2D eigenvalue weighted by atomic mass is 16.2. The molecule has 19 heavy (non-hydrogen) atoms. The third-order valence-electron chi connectivity index (χ3n) is 3.55. The van der Waals surface area contributed by atoms with Gasteiger partial charge in [-0.05, 0) is 44.6 Å². The molecule has 0 fully saturated rings. The van der Waals surface area contributed by atoms with Crippen LogP contribution < -0.4 is 0 Å². The van der Waals surface area contributed by atoms with Gasteiger partial charge in [0.2, 0.25) is 0 Å². The fraction of sp³-hybridized carbons (Fsp3) is 0.562. The first kappa shape index (κ1) is 15.7. The van der Waals surface area contributed by atoms with Gasteiger partial charge in [-0.1, -0.05) is 26.0 Å². The van der Waals surface area contributed by atoms with Crippen LogP contribution in [0.15, 0.2) is 24.3 Å². The fourth-order valence-electron chi connectivity index (χ4n) is 2.15. The van der Waals surface area contributed by atoms with Crippen LogP contribution in [-0.4, -0.2) is 41.9 Å². The zero-order chi connectivity index (χ0) is 14.3. The minimum absolute atomic E-state index is 0.124. The van der Waals surface area contributed by atoms with Gasteiger partial charge in [-0.2, -0.15) is 0 Å². The topological polar surface area (TPSA) is 23.6 Å². The Morgan fingerprint density at radius 3 is 1.84 bits per heavy atom. The molecule has 0 spiro atoms. The Hall–Kier alpha value is -1.35. The van der Waals surface area contributed by atoms with Gasteiger partial charge in [-0.25, -0.2) is 0 Å². The van der Waals surface area contributed by atoms with Crippen LogP contribution in [0.4, 0.5) is 0 Å². The second-order valence-electron chi connectivity index (χ2n) is 4.64. The predicted molar refractivity (Wildman–Crippen MR) is 80.3 cm³/mol. The summed E-state index contributed by atoms with van der Waals surface area (Å²) in [6.07, 6.45) is 0. The van der Waals surface area contributed by atoms with Crippen molar-refractivity contribution in [1.29, 1.82) is 0 Å². The Balaban J connectivity index is 2.73. The lowest BCUT2D eigenvalue weighted by Crippen LogP contribution is -2.30. The molecule has 0 atom stereocenters. The van der Waals surface area contributed by atoms with Crippen LogP contribution in [0.25, 0.3) is 0 Å². The smallest absolute Gasteiger partial charge is 0.253 e. The second-order valence-corrected chi connectivity index (χ2v) is 4.64. The highest BCUT2D eigenvalue weighted by Gasteiger charge is 2.12. The third-order valence-corrected chi connectivity index (χ3v) is 3.55. The number of hydrogen-bond acceptors (Lipinski definition) is 2. The van der Waals surface area contributed by atoms with Crippen LogP contribution in [0.3, 0.4) is 0 Å². The summed E-state index contributed by atoms with van der Waals surface area (Å²) in [5.74, 6) is 0.124. The molecule has 0 aliphatic heterocycles. The standard InChI is InChI=1S/C16H26N2O/c1-5-17(6-2)13-14-9-11-15(12-10-14)16(19)18(7-3)8-4/h9-12H,5-8,13H2,1-4H3. The van der Waals surface area contributed by atoms with Gasteiger partial charge in [0.15, 0.2) is 0 Å². The van der Waals surface area contributed by atoms with Crippen LogP contribution in [0.1, 0.15) is 43.6 Å². The summed E-state index contributed by atoms with van der Waals surface area (Å²) in [6, 6.07) is 8.02. The van der Waals surface area contributed by atoms with Crippen molar-refractivity contribution in [2.75, 3.05) is 26.2 Å². The molecule has 3 heteroatoms. The number of rotatable bonds is 7. The maximum atomic E-state index is 12.2. The number of amides is 1. The Kier molecular flexibility index (Phi) is 6.57. The number of nitrogens with zero attached hydrogens (tertiary/aromatic N) is 2. The van der Waals surface area contributed by atoms with Crippen molar-refractivity contribution in [2.24, 2.45) is 0 Å². The van der Waals surface area contributed by atoms with Crippen molar-refractivity contribution in [2.45, 2.75) is 34.2 Å². The Morgan fingerprint density at radius 1 is 0.895 bits per heavy atom. The van der Waals surface area contributed by atoms with Gasteiger partial charge in [0.05, 0.1) is 0 Å². The molecule has 1 rings (SSSR count). The predicted octanol–water partition coefficient (Wildman–Crippen LogP) is 3.01. The summed E-state index contributed by atoms with van der Waals surface area (Å²) in [4.78, 5) is 16.4. The van der Waals surface area contributed by atoms with Gasteiger partial charge in [-0.15, -0.1) is 0 Å². The van der Waals surface area contributed by atoms with E-state index in [1.165, 1.54) is 5.56 Å². The molecule has 0 aromatic heterocycles. The van der Waals surface area contributed by atoms with Gasteiger partial charge in [-0.3, -0.25) is 9.69 Å². The highest BCUT2D eigenvalue weighted by Crippen LogP contribution is 2.10. The summed E-state index contributed by atoms with van der Waals surface area (Å²) in [7, 11) is 0. The number of carbonyl (C=O) groups excluding carboxylic acids is 1. The lowest BCUT2D eigenvalue weighted by molar-refractivity contribution is 0.0773. The number of carbonyl (C=O) groups is 1.